The number of rotatable bonds is 17. The van der Waals surface area contributed by atoms with Crippen molar-refractivity contribution in [3.05, 3.63) is 10.4 Å². The standard InChI is InChI=1S/C26H47N3O9/c1-23(2,3)36-20(30)10-13-33-17-26(16-28-29-27,18-34-14-11-21(31)37-24(4,5)6)19-35-15-12-22(32)38-25(7,8)9/h10-19H2,1-9H3. The number of esters is 3. The number of carbonyl (C=O) groups excluding carboxylic acids is 3. The van der Waals surface area contributed by atoms with Gasteiger partial charge in [0.25, 0.3) is 0 Å². The van der Waals surface area contributed by atoms with Gasteiger partial charge >= 0.3 is 17.9 Å². The third-order valence-electron chi connectivity index (χ3n) is 4.31. The number of azide groups is 1. The Bertz CT molecular complexity index is 701. The second kappa shape index (κ2) is 16.5. The topological polar surface area (TPSA) is 155 Å². The summed E-state index contributed by atoms with van der Waals surface area (Å²) in [7, 11) is 0. The van der Waals surface area contributed by atoms with E-state index in [2.05, 4.69) is 10.0 Å². The van der Waals surface area contributed by atoms with Crippen molar-refractivity contribution in [1.82, 2.24) is 0 Å². The third kappa shape index (κ3) is 20.6. The lowest BCUT2D eigenvalue weighted by Crippen LogP contribution is -2.41. The third-order valence-corrected chi connectivity index (χ3v) is 4.31. The van der Waals surface area contributed by atoms with Crippen LogP contribution in [0.15, 0.2) is 5.11 Å². The van der Waals surface area contributed by atoms with Crippen molar-refractivity contribution in [3.63, 3.8) is 0 Å². The Morgan fingerprint density at radius 2 is 0.895 bits per heavy atom. The molecule has 0 aliphatic heterocycles. The number of ether oxygens (including phenoxy) is 6. The van der Waals surface area contributed by atoms with E-state index in [1.165, 1.54) is 0 Å². The molecule has 0 aliphatic carbocycles. The van der Waals surface area contributed by atoms with Crippen molar-refractivity contribution in [3.8, 4) is 0 Å². The van der Waals surface area contributed by atoms with Gasteiger partial charge in [-0.05, 0) is 67.8 Å². The fourth-order valence-corrected chi connectivity index (χ4v) is 2.95. The van der Waals surface area contributed by atoms with E-state index in [0.29, 0.717) is 0 Å². The molecule has 12 nitrogen and oxygen atoms in total. The van der Waals surface area contributed by atoms with Gasteiger partial charge in [-0.2, -0.15) is 0 Å². The van der Waals surface area contributed by atoms with Gasteiger partial charge in [0.1, 0.15) is 16.8 Å². The zero-order valence-corrected chi connectivity index (χ0v) is 24.6. The molecule has 0 amide bonds. The lowest BCUT2D eigenvalue weighted by atomic mass is 9.91. The molecule has 0 aromatic heterocycles. The molecule has 0 saturated carbocycles. The van der Waals surface area contributed by atoms with Gasteiger partial charge in [0.15, 0.2) is 0 Å². The average Bonchev–Trinajstić information content (AvgIpc) is 2.72. The summed E-state index contributed by atoms with van der Waals surface area (Å²) in [4.78, 5) is 38.8. The Kier molecular flexibility index (Phi) is 15.5. The van der Waals surface area contributed by atoms with E-state index in [4.69, 9.17) is 34.0 Å². The Morgan fingerprint density at radius 1 is 0.605 bits per heavy atom. The summed E-state index contributed by atoms with van der Waals surface area (Å²) in [6.07, 6.45) is 0.107. The minimum atomic E-state index is -0.929. The van der Waals surface area contributed by atoms with Crippen molar-refractivity contribution >= 4 is 17.9 Å². The van der Waals surface area contributed by atoms with E-state index in [-0.39, 0.29) is 65.4 Å². The smallest absolute Gasteiger partial charge is 0.308 e. The minimum absolute atomic E-state index is 0.0329. The quantitative estimate of drug-likeness (QED) is 0.0640. The molecule has 0 rings (SSSR count). The van der Waals surface area contributed by atoms with E-state index >= 15 is 0 Å². The molecule has 0 heterocycles. The number of carbonyl (C=O) groups is 3. The van der Waals surface area contributed by atoms with Gasteiger partial charge in [0.05, 0.1) is 58.9 Å². The molecule has 0 radical (unpaired) electrons. The van der Waals surface area contributed by atoms with Gasteiger partial charge in [-0.25, -0.2) is 0 Å². The van der Waals surface area contributed by atoms with Crippen LogP contribution in [-0.2, 0) is 42.8 Å². The monoisotopic (exact) mass is 545 g/mol. The molecule has 0 aliphatic rings. The van der Waals surface area contributed by atoms with Crippen LogP contribution in [-0.4, -0.2) is 80.9 Å². The van der Waals surface area contributed by atoms with Gasteiger partial charge in [-0.15, -0.1) is 0 Å². The zero-order valence-electron chi connectivity index (χ0n) is 24.6. The highest BCUT2D eigenvalue weighted by Crippen LogP contribution is 2.22. The number of nitrogens with zero attached hydrogens (tertiary/aromatic N) is 3. The Morgan fingerprint density at radius 3 is 1.13 bits per heavy atom. The van der Waals surface area contributed by atoms with Crippen LogP contribution in [0, 0.1) is 5.41 Å². The molecule has 0 bridgehead atoms. The summed E-state index contributed by atoms with van der Waals surface area (Å²) >= 11 is 0. The SMILES string of the molecule is CC(C)(C)OC(=O)CCOCC(CN=[N+]=[N-])(COCCC(=O)OC(C)(C)C)COCCC(=O)OC(C)(C)C. The minimum Gasteiger partial charge on any atom is -0.460 e. The van der Waals surface area contributed by atoms with E-state index in [1.54, 1.807) is 62.3 Å². The second-order valence-electron chi connectivity index (χ2n) is 12.1. The molecule has 0 saturated heterocycles. The van der Waals surface area contributed by atoms with Crippen molar-refractivity contribution in [2.75, 3.05) is 46.2 Å². The Hall–Kier alpha value is -2.40. The van der Waals surface area contributed by atoms with Gasteiger partial charge in [-0.1, -0.05) is 5.11 Å². The van der Waals surface area contributed by atoms with E-state index in [1.807, 2.05) is 0 Å². The maximum Gasteiger partial charge on any atom is 0.308 e. The largest absolute Gasteiger partial charge is 0.460 e. The summed E-state index contributed by atoms with van der Waals surface area (Å²) in [6, 6.07) is 0. The fourth-order valence-electron chi connectivity index (χ4n) is 2.95. The van der Waals surface area contributed by atoms with Crippen LogP contribution in [0.25, 0.3) is 10.4 Å². The zero-order chi connectivity index (χ0) is 29.5. The highest BCUT2D eigenvalue weighted by Gasteiger charge is 2.32. The molecule has 38 heavy (non-hydrogen) atoms. The van der Waals surface area contributed by atoms with Crippen LogP contribution in [0.5, 0.6) is 0 Å². The van der Waals surface area contributed by atoms with Gasteiger partial charge in [0.2, 0.25) is 0 Å². The van der Waals surface area contributed by atoms with Crippen LogP contribution in [0.3, 0.4) is 0 Å². The summed E-state index contributed by atoms with van der Waals surface area (Å²) < 4.78 is 33.1. The molecule has 0 aromatic rings. The number of hydrogen-bond donors (Lipinski definition) is 0. The average molecular weight is 546 g/mol. The molecule has 0 aromatic carbocycles. The summed E-state index contributed by atoms with van der Waals surface area (Å²) in [5.41, 5.74) is 6.20. The first-order valence-electron chi connectivity index (χ1n) is 12.8. The lowest BCUT2D eigenvalue weighted by molar-refractivity contribution is -0.157. The molecule has 0 unspecified atom stereocenters. The van der Waals surface area contributed by atoms with Crippen LogP contribution in [0.4, 0.5) is 0 Å². The second-order valence-corrected chi connectivity index (χ2v) is 12.1. The molecule has 0 N–H and O–H groups in total. The lowest BCUT2D eigenvalue weighted by Gasteiger charge is -2.32. The highest BCUT2D eigenvalue weighted by molar-refractivity contribution is 5.70. The van der Waals surface area contributed by atoms with Crippen LogP contribution in [0.2, 0.25) is 0 Å². The maximum atomic E-state index is 12.0. The molecular weight excluding hydrogens is 498 g/mol. The first-order chi connectivity index (χ1) is 17.4. The molecular formula is C26H47N3O9. The summed E-state index contributed by atoms with van der Waals surface area (Å²) in [6.45, 7) is 16.3. The van der Waals surface area contributed by atoms with Gasteiger partial charge < -0.3 is 28.4 Å². The Labute approximate surface area is 226 Å². The summed E-state index contributed by atoms with van der Waals surface area (Å²) in [5.74, 6) is -1.21. The van der Waals surface area contributed by atoms with Crippen molar-refractivity contribution in [2.45, 2.75) is 98.4 Å². The van der Waals surface area contributed by atoms with Gasteiger partial charge in [0, 0.05) is 16.9 Å². The fraction of sp³-hybridized carbons (Fsp3) is 0.885. The maximum absolute atomic E-state index is 12.0. The summed E-state index contributed by atoms with van der Waals surface area (Å²) in [5, 5.41) is 3.70. The molecule has 0 atom stereocenters. The van der Waals surface area contributed by atoms with Gasteiger partial charge in [-0.3, -0.25) is 14.4 Å². The molecule has 0 spiro atoms. The van der Waals surface area contributed by atoms with Crippen molar-refractivity contribution in [1.29, 1.82) is 0 Å². The van der Waals surface area contributed by atoms with Crippen LogP contribution in [0.1, 0.15) is 81.6 Å². The van der Waals surface area contributed by atoms with Crippen molar-refractivity contribution in [2.24, 2.45) is 10.5 Å². The molecule has 220 valence electrons. The predicted octanol–water partition coefficient (Wildman–Crippen LogP) is 4.53. The van der Waals surface area contributed by atoms with E-state index in [9.17, 15) is 14.4 Å². The predicted molar refractivity (Wildman–Crippen MR) is 140 cm³/mol. The van der Waals surface area contributed by atoms with E-state index < -0.39 is 40.1 Å². The van der Waals surface area contributed by atoms with E-state index in [0.717, 1.165) is 0 Å². The normalized spacial score (nSPS) is 12.4. The molecule has 12 heteroatoms. The van der Waals surface area contributed by atoms with Crippen molar-refractivity contribution < 1.29 is 42.8 Å². The van der Waals surface area contributed by atoms with Crippen LogP contribution < -0.4 is 0 Å². The highest BCUT2D eigenvalue weighted by atomic mass is 16.6. The van der Waals surface area contributed by atoms with Crippen LogP contribution >= 0.6 is 0 Å². The first kappa shape index (κ1) is 35.6. The molecule has 0 fully saturated rings. The number of hydrogen-bond acceptors (Lipinski definition) is 10. The first-order valence-corrected chi connectivity index (χ1v) is 12.8. The Balaban J connectivity index is 5.16.